The van der Waals surface area contributed by atoms with Gasteiger partial charge in [-0.3, -0.25) is 4.79 Å². The van der Waals surface area contributed by atoms with Crippen LogP contribution in [0.1, 0.15) is 48.2 Å². The Hall–Kier alpha value is -1.15. The molecular weight excluding hydrogens is 210 g/mol. The fourth-order valence-corrected chi connectivity index (χ4v) is 2.60. The van der Waals surface area contributed by atoms with E-state index in [1.807, 2.05) is 13.0 Å². The van der Waals surface area contributed by atoms with Crippen molar-refractivity contribution in [2.75, 3.05) is 6.54 Å². The number of rotatable bonds is 5. The van der Waals surface area contributed by atoms with Gasteiger partial charge in [-0.05, 0) is 49.4 Å². The third kappa shape index (κ3) is 2.58. The first-order valence-electron chi connectivity index (χ1n) is 6.65. The van der Waals surface area contributed by atoms with E-state index >= 15 is 0 Å². The molecule has 2 heteroatoms. The van der Waals surface area contributed by atoms with E-state index in [0.29, 0.717) is 0 Å². The molecule has 0 radical (unpaired) electrons. The number of carbonyl (C=O) groups excluding carboxylic acids is 1. The van der Waals surface area contributed by atoms with Crippen molar-refractivity contribution in [3.63, 3.8) is 0 Å². The van der Waals surface area contributed by atoms with Gasteiger partial charge in [-0.15, -0.1) is 0 Å². The molecule has 0 unspecified atom stereocenters. The lowest BCUT2D eigenvalue weighted by atomic mass is 9.98. The molecule has 0 saturated heterocycles. The number of Topliss-reactive ketones (excluding diaryl/α,β-unsaturated/α-hetero) is 1. The highest BCUT2D eigenvalue weighted by Gasteiger charge is 2.19. The summed E-state index contributed by atoms with van der Waals surface area (Å²) in [4.78, 5) is 12.3. The normalized spacial score (nSPS) is 15.6. The zero-order chi connectivity index (χ0) is 12.3. The molecule has 1 aliphatic rings. The third-order valence-electron chi connectivity index (χ3n) is 3.56. The second kappa shape index (κ2) is 5.46. The summed E-state index contributed by atoms with van der Waals surface area (Å²) in [6.45, 7) is 4.94. The van der Waals surface area contributed by atoms with E-state index in [1.165, 1.54) is 24.0 Å². The predicted molar refractivity (Wildman–Crippen MR) is 70.6 cm³/mol. The number of nitrogens with one attached hydrogen (secondary N) is 1. The average molecular weight is 231 g/mol. The minimum atomic E-state index is -0.0283. The smallest absolute Gasteiger partial charge is 0.179 e. The summed E-state index contributed by atoms with van der Waals surface area (Å²) in [6.07, 6.45) is 4.39. The topological polar surface area (TPSA) is 29.1 Å². The zero-order valence-electron chi connectivity index (χ0n) is 10.8. The molecule has 2 rings (SSSR count). The maximum absolute atomic E-state index is 12.3. The fourth-order valence-electron chi connectivity index (χ4n) is 2.60. The van der Waals surface area contributed by atoms with Crippen LogP contribution in [0.5, 0.6) is 0 Å². The van der Waals surface area contributed by atoms with Crippen LogP contribution in [0.2, 0.25) is 0 Å². The number of hydrogen-bond acceptors (Lipinski definition) is 2. The van der Waals surface area contributed by atoms with Crippen molar-refractivity contribution in [1.82, 2.24) is 5.32 Å². The highest BCUT2D eigenvalue weighted by molar-refractivity contribution is 6.00. The van der Waals surface area contributed by atoms with Crippen LogP contribution in [0.3, 0.4) is 0 Å². The molecule has 0 saturated carbocycles. The lowest BCUT2D eigenvalue weighted by Gasteiger charge is -2.15. The fraction of sp³-hybridized carbons (Fsp3) is 0.533. The summed E-state index contributed by atoms with van der Waals surface area (Å²) in [7, 11) is 0. The first kappa shape index (κ1) is 12.3. The number of ketones is 1. The molecule has 92 valence electrons. The zero-order valence-corrected chi connectivity index (χ0v) is 10.8. The molecule has 1 aromatic carbocycles. The molecule has 1 aliphatic carbocycles. The van der Waals surface area contributed by atoms with Gasteiger partial charge in [-0.1, -0.05) is 26.0 Å². The number of fused-ring (bicyclic) bond motifs is 1. The minimum absolute atomic E-state index is 0.0283. The Kier molecular flexibility index (Phi) is 3.95. The lowest BCUT2D eigenvalue weighted by molar-refractivity contribution is 0.0941. The van der Waals surface area contributed by atoms with Gasteiger partial charge in [-0.25, -0.2) is 0 Å². The van der Waals surface area contributed by atoms with Gasteiger partial charge in [0.05, 0.1) is 6.04 Å². The Morgan fingerprint density at radius 3 is 2.76 bits per heavy atom. The van der Waals surface area contributed by atoms with E-state index < -0.39 is 0 Å². The lowest BCUT2D eigenvalue weighted by Crippen LogP contribution is -2.36. The van der Waals surface area contributed by atoms with Crippen molar-refractivity contribution in [3.05, 3.63) is 34.9 Å². The van der Waals surface area contributed by atoms with Crippen LogP contribution in [0.15, 0.2) is 18.2 Å². The largest absolute Gasteiger partial charge is 0.307 e. The first-order valence-corrected chi connectivity index (χ1v) is 6.65. The van der Waals surface area contributed by atoms with Crippen LogP contribution in [-0.4, -0.2) is 18.4 Å². The monoisotopic (exact) mass is 231 g/mol. The maximum Gasteiger partial charge on any atom is 0.179 e. The second-order valence-corrected chi connectivity index (χ2v) is 4.72. The SMILES string of the molecule is CCN[C@@H](CC)C(=O)c1ccc2c(c1)CCC2. The van der Waals surface area contributed by atoms with E-state index in [1.54, 1.807) is 0 Å². The standard InChI is InChI=1S/C15H21NO/c1-3-14(16-4-2)15(17)13-9-8-11-6-5-7-12(11)10-13/h8-10,14,16H,3-7H2,1-2H3/t14-/m0/s1. The summed E-state index contributed by atoms with van der Waals surface area (Å²) >= 11 is 0. The Labute approximate surface area is 103 Å². The van der Waals surface area contributed by atoms with E-state index in [2.05, 4.69) is 24.4 Å². The van der Waals surface area contributed by atoms with Gasteiger partial charge >= 0.3 is 0 Å². The highest BCUT2D eigenvalue weighted by atomic mass is 16.1. The van der Waals surface area contributed by atoms with Crippen LogP contribution in [0.4, 0.5) is 0 Å². The maximum atomic E-state index is 12.3. The van der Waals surface area contributed by atoms with Crippen molar-refractivity contribution in [2.45, 2.75) is 45.6 Å². The Bertz CT molecular complexity index is 411. The highest BCUT2D eigenvalue weighted by Crippen LogP contribution is 2.23. The van der Waals surface area contributed by atoms with Crippen molar-refractivity contribution >= 4 is 5.78 Å². The third-order valence-corrected chi connectivity index (χ3v) is 3.56. The van der Waals surface area contributed by atoms with Crippen LogP contribution in [-0.2, 0) is 12.8 Å². The van der Waals surface area contributed by atoms with Crippen molar-refractivity contribution in [1.29, 1.82) is 0 Å². The molecule has 2 nitrogen and oxygen atoms in total. The van der Waals surface area contributed by atoms with Gasteiger partial charge in [0.1, 0.15) is 0 Å². The van der Waals surface area contributed by atoms with Gasteiger partial charge in [0.15, 0.2) is 5.78 Å². The van der Waals surface area contributed by atoms with Crippen LogP contribution in [0.25, 0.3) is 0 Å². The first-order chi connectivity index (χ1) is 8.26. The summed E-state index contributed by atoms with van der Waals surface area (Å²) in [5.74, 6) is 0.240. The molecule has 1 N–H and O–H groups in total. The Morgan fingerprint density at radius 1 is 1.29 bits per heavy atom. The summed E-state index contributed by atoms with van der Waals surface area (Å²) in [6, 6.07) is 6.20. The predicted octanol–water partition coefficient (Wildman–Crippen LogP) is 2.75. The molecule has 17 heavy (non-hydrogen) atoms. The molecule has 0 spiro atoms. The van der Waals surface area contributed by atoms with Gasteiger partial charge < -0.3 is 5.32 Å². The van der Waals surface area contributed by atoms with Gasteiger partial charge in [0.2, 0.25) is 0 Å². The molecule has 0 fully saturated rings. The minimum Gasteiger partial charge on any atom is -0.307 e. The van der Waals surface area contributed by atoms with Crippen LogP contribution >= 0.6 is 0 Å². The van der Waals surface area contributed by atoms with Crippen molar-refractivity contribution < 1.29 is 4.79 Å². The van der Waals surface area contributed by atoms with Gasteiger partial charge in [-0.2, -0.15) is 0 Å². The number of aryl methyl sites for hydroxylation is 2. The van der Waals surface area contributed by atoms with Crippen LogP contribution < -0.4 is 5.32 Å². The molecule has 0 aromatic heterocycles. The molecule has 0 heterocycles. The Balaban J connectivity index is 2.19. The summed E-state index contributed by atoms with van der Waals surface area (Å²) in [5, 5.41) is 3.25. The average Bonchev–Trinajstić information content (AvgIpc) is 2.82. The van der Waals surface area contributed by atoms with E-state index in [9.17, 15) is 4.79 Å². The van der Waals surface area contributed by atoms with Crippen molar-refractivity contribution in [2.24, 2.45) is 0 Å². The molecule has 1 atom stereocenters. The van der Waals surface area contributed by atoms with E-state index in [4.69, 9.17) is 0 Å². The number of likely N-dealkylation sites (N-methyl/N-ethyl adjacent to an activating group) is 1. The van der Waals surface area contributed by atoms with E-state index in [0.717, 1.165) is 24.9 Å². The molecule has 0 amide bonds. The van der Waals surface area contributed by atoms with Gasteiger partial charge in [0.25, 0.3) is 0 Å². The van der Waals surface area contributed by atoms with Crippen molar-refractivity contribution in [3.8, 4) is 0 Å². The second-order valence-electron chi connectivity index (χ2n) is 4.72. The number of hydrogen-bond donors (Lipinski definition) is 1. The number of carbonyl (C=O) groups is 1. The quantitative estimate of drug-likeness (QED) is 0.789. The molecule has 0 bridgehead atoms. The molecule has 1 aromatic rings. The van der Waals surface area contributed by atoms with E-state index in [-0.39, 0.29) is 11.8 Å². The number of benzene rings is 1. The summed E-state index contributed by atoms with van der Waals surface area (Å²) < 4.78 is 0. The molecular formula is C15H21NO. The Morgan fingerprint density at radius 2 is 2.06 bits per heavy atom. The summed E-state index contributed by atoms with van der Waals surface area (Å²) in [5.41, 5.74) is 3.68. The molecule has 0 aliphatic heterocycles. The van der Waals surface area contributed by atoms with Gasteiger partial charge in [0, 0.05) is 5.56 Å². The van der Waals surface area contributed by atoms with Crippen LogP contribution in [0, 0.1) is 0 Å².